The molecule has 3 heterocycles. The predicted molar refractivity (Wildman–Crippen MR) is 111 cm³/mol. The van der Waals surface area contributed by atoms with Gasteiger partial charge in [-0.1, -0.05) is 28.9 Å². The Bertz CT molecular complexity index is 1130. The van der Waals surface area contributed by atoms with Crippen molar-refractivity contribution in [3.8, 4) is 11.1 Å². The molecule has 170 valence electrons. The number of amides is 1. The third-order valence-corrected chi connectivity index (χ3v) is 5.63. The van der Waals surface area contributed by atoms with Crippen molar-refractivity contribution in [2.75, 3.05) is 26.3 Å². The summed E-state index contributed by atoms with van der Waals surface area (Å²) in [5.74, 6) is -0.485. The first-order chi connectivity index (χ1) is 15.2. The van der Waals surface area contributed by atoms with Gasteiger partial charge < -0.3 is 14.2 Å². The Morgan fingerprint density at radius 2 is 1.84 bits per heavy atom. The Hall–Kier alpha value is -2.85. The van der Waals surface area contributed by atoms with Crippen LogP contribution in [0.1, 0.15) is 27.4 Å². The summed E-state index contributed by atoms with van der Waals surface area (Å²) in [6, 6.07) is 6.42. The number of rotatable bonds is 4. The average molecular weight is 468 g/mol. The van der Waals surface area contributed by atoms with Crippen LogP contribution < -0.4 is 0 Å². The molecule has 0 N–H and O–H groups in total. The van der Waals surface area contributed by atoms with Crippen LogP contribution in [0.25, 0.3) is 11.1 Å². The van der Waals surface area contributed by atoms with Crippen molar-refractivity contribution in [1.82, 2.24) is 24.5 Å². The fourth-order valence-corrected chi connectivity index (χ4v) is 4.13. The molecular weight excluding hydrogens is 447 g/mol. The quantitative estimate of drug-likeness (QED) is 0.585. The second-order valence-corrected chi connectivity index (χ2v) is 8.01. The van der Waals surface area contributed by atoms with E-state index in [1.54, 1.807) is 31.3 Å². The van der Waals surface area contributed by atoms with Crippen molar-refractivity contribution >= 4 is 17.5 Å². The average Bonchev–Trinajstić information content (AvgIpc) is 3.29. The Kier molecular flexibility index (Phi) is 6.00. The Morgan fingerprint density at radius 3 is 2.41 bits per heavy atom. The lowest BCUT2D eigenvalue weighted by molar-refractivity contribution is -0.143. The molecule has 3 aromatic rings. The number of aryl methyl sites for hydroxylation is 1. The van der Waals surface area contributed by atoms with Gasteiger partial charge in [-0.25, -0.2) is 0 Å². The summed E-state index contributed by atoms with van der Waals surface area (Å²) in [5, 5.41) is 8.19. The van der Waals surface area contributed by atoms with Gasteiger partial charge in [-0.15, -0.1) is 5.10 Å². The number of carbonyl (C=O) groups excluding carboxylic acids is 1. The van der Waals surface area contributed by atoms with E-state index in [-0.39, 0.29) is 23.4 Å². The van der Waals surface area contributed by atoms with Gasteiger partial charge in [-0.3, -0.25) is 9.48 Å². The van der Waals surface area contributed by atoms with Crippen LogP contribution in [-0.2, 0) is 24.5 Å². The van der Waals surface area contributed by atoms with E-state index in [9.17, 15) is 18.0 Å². The number of morpholine rings is 1. The predicted octanol–water partition coefficient (Wildman–Crippen LogP) is 3.78. The standard InChI is InChI=1S/C21H21ClF3N5O2/c1-13-17(14-3-5-15(22)6-4-14)18(20(31)29-7-9-32-10-8-29)30(19(13)21(23,24)25)12-16-11-28(2)27-26-16/h3-6,11H,7-10,12H2,1-2H3. The van der Waals surface area contributed by atoms with Crippen molar-refractivity contribution in [2.24, 2.45) is 7.05 Å². The number of benzene rings is 1. The third kappa shape index (κ3) is 4.24. The molecule has 0 spiro atoms. The molecule has 2 aromatic heterocycles. The molecule has 11 heteroatoms. The minimum absolute atomic E-state index is 0.0275. The first-order valence-corrected chi connectivity index (χ1v) is 10.3. The molecule has 0 aliphatic carbocycles. The van der Waals surface area contributed by atoms with Crippen LogP contribution in [0, 0.1) is 6.92 Å². The summed E-state index contributed by atoms with van der Waals surface area (Å²) in [5.41, 5.74) is 0.0719. The zero-order valence-electron chi connectivity index (χ0n) is 17.5. The van der Waals surface area contributed by atoms with Crippen LogP contribution in [-0.4, -0.2) is 56.7 Å². The third-order valence-electron chi connectivity index (χ3n) is 5.38. The molecule has 0 bridgehead atoms. The fraction of sp³-hybridized carbons (Fsp3) is 0.381. The summed E-state index contributed by atoms with van der Waals surface area (Å²) >= 11 is 5.99. The van der Waals surface area contributed by atoms with Crippen LogP contribution in [0.2, 0.25) is 5.02 Å². The van der Waals surface area contributed by atoms with Gasteiger partial charge in [0.25, 0.3) is 5.91 Å². The zero-order chi connectivity index (χ0) is 23.0. The van der Waals surface area contributed by atoms with E-state index in [2.05, 4.69) is 10.3 Å². The number of hydrogen-bond donors (Lipinski definition) is 0. The molecule has 0 radical (unpaired) electrons. The molecule has 32 heavy (non-hydrogen) atoms. The summed E-state index contributed by atoms with van der Waals surface area (Å²) in [6.45, 7) is 2.40. The topological polar surface area (TPSA) is 65.2 Å². The molecule has 0 unspecified atom stereocenters. The molecule has 4 rings (SSSR count). The van der Waals surface area contributed by atoms with E-state index >= 15 is 0 Å². The first-order valence-electron chi connectivity index (χ1n) is 9.95. The van der Waals surface area contributed by atoms with Gasteiger partial charge in [0.05, 0.1) is 19.8 Å². The lowest BCUT2D eigenvalue weighted by Crippen LogP contribution is -2.41. The van der Waals surface area contributed by atoms with E-state index in [0.717, 1.165) is 4.57 Å². The fourth-order valence-electron chi connectivity index (χ4n) is 4.01. The van der Waals surface area contributed by atoms with Gasteiger partial charge in [-0.2, -0.15) is 13.2 Å². The molecule has 1 aromatic carbocycles. The van der Waals surface area contributed by atoms with Crippen LogP contribution in [0.3, 0.4) is 0 Å². The minimum Gasteiger partial charge on any atom is -0.378 e. The van der Waals surface area contributed by atoms with Crippen molar-refractivity contribution in [2.45, 2.75) is 19.6 Å². The number of carbonyl (C=O) groups is 1. The number of ether oxygens (including phenoxy) is 1. The first kappa shape index (κ1) is 22.3. The Morgan fingerprint density at radius 1 is 1.19 bits per heavy atom. The molecule has 1 aliphatic heterocycles. The zero-order valence-corrected chi connectivity index (χ0v) is 18.2. The molecule has 1 saturated heterocycles. The molecular formula is C21H21ClF3N5O2. The van der Waals surface area contributed by atoms with Gasteiger partial charge in [0.15, 0.2) is 0 Å². The van der Waals surface area contributed by atoms with Gasteiger partial charge in [0, 0.05) is 36.9 Å². The number of alkyl halides is 3. The lowest BCUT2D eigenvalue weighted by atomic mass is 10.00. The second-order valence-electron chi connectivity index (χ2n) is 7.58. The number of halogens is 4. The Labute approximate surface area is 187 Å². The monoisotopic (exact) mass is 467 g/mol. The van der Waals surface area contributed by atoms with E-state index in [0.29, 0.717) is 42.6 Å². The highest BCUT2D eigenvalue weighted by Gasteiger charge is 2.42. The van der Waals surface area contributed by atoms with Crippen molar-refractivity contribution in [3.05, 3.63) is 58.1 Å². The minimum atomic E-state index is -4.68. The number of hydrogen-bond acceptors (Lipinski definition) is 4. The summed E-state index contributed by atoms with van der Waals surface area (Å²) in [6.07, 6.45) is -3.16. The lowest BCUT2D eigenvalue weighted by Gasteiger charge is -2.28. The number of aromatic nitrogens is 4. The molecule has 7 nitrogen and oxygen atoms in total. The maximum atomic E-state index is 14.3. The maximum Gasteiger partial charge on any atom is 0.431 e. The molecule has 0 atom stereocenters. The molecule has 0 saturated carbocycles. The van der Waals surface area contributed by atoms with Crippen molar-refractivity contribution < 1.29 is 22.7 Å². The summed E-state index contributed by atoms with van der Waals surface area (Å²) < 4.78 is 50.5. The van der Waals surface area contributed by atoms with Gasteiger partial charge in [0.1, 0.15) is 17.1 Å². The SMILES string of the molecule is Cc1c(-c2ccc(Cl)cc2)c(C(=O)N2CCOCC2)n(Cc2cn(C)nn2)c1C(F)(F)F. The molecule has 1 aliphatic rings. The van der Waals surface area contributed by atoms with Crippen molar-refractivity contribution in [3.63, 3.8) is 0 Å². The molecule has 1 amide bonds. The van der Waals surface area contributed by atoms with Crippen LogP contribution >= 0.6 is 11.6 Å². The summed E-state index contributed by atoms with van der Waals surface area (Å²) in [7, 11) is 1.63. The number of nitrogens with zero attached hydrogens (tertiary/aromatic N) is 5. The summed E-state index contributed by atoms with van der Waals surface area (Å²) in [4.78, 5) is 15.1. The van der Waals surface area contributed by atoms with Crippen LogP contribution in [0.5, 0.6) is 0 Å². The molecule has 1 fully saturated rings. The largest absolute Gasteiger partial charge is 0.431 e. The smallest absolute Gasteiger partial charge is 0.378 e. The van der Waals surface area contributed by atoms with Crippen molar-refractivity contribution in [1.29, 1.82) is 0 Å². The highest BCUT2D eigenvalue weighted by atomic mass is 35.5. The van der Waals surface area contributed by atoms with Gasteiger partial charge in [-0.05, 0) is 30.2 Å². The van der Waals surface area contributed by atoms with E-state index in [1.807, 2.05) is 0 Å². The second kappa shape index (κ2) is 8.59. The normalized spacial score (nSPS) is 14.8. The van der Waals surface area contributed by atoms with Crippen LogP contribution in [0.15, 0.2) is 30.5 Å². The van der Waals surface area contributed by atoms with Gasteiger partial charge >= 0.3 is 6.18 Å². The van der Waals surface area contributed by atoms with Crippen LogP contribution in [0.4, 0.5) is 13.2 Å². The van der Waals surface area contributed by atoms with E-state index in [4.69, 9.17) is 16.3 Å². The van der Waals surface area contributed by atoms with E-state index in [1.165, 1.54) is 22.7 Å². The maximum absolute atomic E-state index is 14.3. The highest BCUT2D eigenvalue weighted by Crippen LogP contribution is 2.42. The van der Waals surface area contributed by atoms with Gasteiger partial charge in [0.2, 0.25) is 0 Å². The van der Waals surface area contributed by atoms with E-state index < -0.39 is 17.8 Å². The Balaban J connectivity index is 1.97. The highest BCUT2D eigenvalue weighted by molar-refractivity contribution is 6.30.